The van der Waals surface area contributed by atoms with Gasteiger partial charge in [0.25, 0.3) is 0 Å². The van der Waals surface area contributed by atoms with Gasteiger partial charge in [0.15, 0.2) is 0 Å². The van der Waals surface area contributed by atoms with Gasteiger partial charge in [-0.15, -0.1) is 0 Å². The second-order valence-electron chi connectivity index (χ2n) is 7.94. The standard InChI is InChI=1S/C20H27N3O2/c1-14-11-15(22-19(24)25-20(2,3)4)13-23(12-14)18-9-5-8-17-16(18)7-6-10-21-17/h5-10,14-15H,11-13H2,1-4H3,(H,22,24)/t14-,15+/m0/s1. The zero-order chi connectivity index (χ0) is 18.0. The Kier molecular flexibility index (Phi) is 4.84. The molecule has 25 heavy (non-hydrogen) atoms. The van der Waals surface area contributed by atoms with E-state index in [0.29, 0.717) is 5.92 Å². The number of aromatic nitrogens is 1. The Hall–Kier alpha value is -2.30. The molecule has 1 aliphatic rings. The molecule has 1 fully saturated rings. The highest BCUT2D eigenvalue weighted by Gasteiger charge is 2.28. The minimum atomic E-state index is -0.481. The van der Waals surface area contributed by atoms with Crippen molar-refractivity contribution in [2.24, 2.45) is 5.92 Å². The van der Waals surface area contributed by atoms with Crippen LogP contribution in [-0.2, 0) is 4.74 Å². The van der Waals surface area contributed by atoms with Crippen LogP contribution in [0, 0.1) is 5.92 Å². The molecule has 2 atom stereocenters. The molecule has 1 aromatic heterocycles. The number of nitrogens with one attached hydrogen (secondary N) is 1. The Morgan fingerprint density at radius 1 is 1.24 bits per heavy atom. The monoisotopic (exact) mass is 341 g/mol. The molecule has 134 valence electrons. The SMILES string of the molecule is C[C@H]1C[C@@H](NC(=O)OC(C)(C)C)CN(c2cccc3ncccc23)C1. The van der Waals surface area contributed by atoms with E-state index in [1.54, 1.807) is 0 Å². The summed E-state index contributed by atoms with van der Waals surface area (Å²) in [4.78, 5) is 18.9. The number of carbonyl (C=O) groups is 1. The third-order valence-electron chi connectivity index (χ3n) is 4.34. The van der Waals surface area contributed by atoms with Crippen LogP contribution in [-0.4, -0.2) is 35.8 Å². The minimum Gasteiger partial charge on any atom is -0.444 e. The summed E-state index contributed by atoms with van der Waals surface area (Å²) in [5.41, 5.74) is 1.69. The van der Waals surface area contributed by atoms with Gasteiger partial charge in [0.2, 0.25) is 0 Å². The van der Waals surface area contributed by atoms with Crippen LogP contribution >= 0.6 is 0 Å². The number of hydrogen-bond donors (Lipinski definition) is 1. The highest BCUT2D eigenvalue weighted by Crippen LogP contribution is 2.29. The lowest BCUT2D eigenvalue weighted by molar-refractivity contribution is 0.0495. The first-order chi connectivity index (χ1) is 11.8. The topological polar surface area (TPSA) is 54.5 Å². The van der Waals surface area contributed by atoms with E-state index in [4.69, 9.17) is 4.74 Å². The summed E-state index contributed by atoms with van der Waals surface area (Å²) in [6.07, 6.45) is 2.43. The fourth-order valence-corrected chi connectivity index (χ4v) is 3.49. The second kappa shape index (κ2) is 6.90. The fourth-order valence-electron chi connectivity index (χ4n) is 3.49. The third-order valence-corrected chi connectivity index (χ3v) is 4.34. The van der Waals surface area contributed by atoms with Crippen molar-refractivity contribution in [3.63, 3.8) is 0 Å². The van der Waals surface area contributed by atoms with Crippen LogP contribution in [0.3, 0.4) is 0 Å². The number of piperidine rings is 1. The van der Waals surface area contributed by atoms with Crippen LogP contribution in [0.1, 0.15) is 34.1 Å². The Bertz CT molecular complexity index is 749. The highest BCUT2D eigenvalue weighted by atomic mass is 16.6. The maximum absolute atomic E-state index is 12.1. The first-order valence-electron chi connectivity index (χ1n) is 8.90. The smallest absolute Gasteiger partial charge is 0.407 e. The summed E-state index contributed by atoms with van der Waals surface area (Å²) in [6, 6.07) is 10.4. The van der Waals surface area contributed by atoms with Gasteiger partial charge in [-0.3, -0.25) is 4.98 Å². The molecule has 0 spiro atoms. The van der Waals surface area contributed by atoms with Gasteiger partial charge < -0.3 is 15.0 Å². The Labute approximate surface area is 149 Å². The van der Waals surface area contributed by atoms with E-state index < -0.39 is 5.60 Å². The molecule has 2 heterocycles. The van der Waals surface area contributed by atoms with Crippen molar-refractivity contribution < 1.29 is 9.53 Å². The van der Waals surface area contributed by atoms with Gasteiger partial charge >= 0.3 is 6.09 Å². The van der Waals surface area contributed by atoms with Crippen molar-refractivity contribution in [3.8, 4) is 0 Å². The first-order valence-corrected chi connectivity index (χ1v) is 8.90. The normalized spacial score (nSPS) is 21.2. The molecule has 0 unspecified atom stereocenters. The predicted octanol–water partition coefficient (Wildman–Crippen LogP) is 3.97. The fraction of sp³-hybridized carbons (Fsp3) is 0.500. The van der Waals surface area contributed by atoms with Crippen molar-refractivity contribution >= 4 is 22.7 Å². The molecular formula is C20H27N3O2. The van der Waals surface area contributed by atoms with Gasteiger partial charge in [0.05, 0.1) is 5.52 Å². The van der Waals surface area contributed by atoms with E-state index in [2.05, 4.69) is 34.3 Å². The number of amides is 1. The van der Waals surface area contributed by atoms with Crippen molar-refractivity contribution in [1.29, 1.82) is 0 Å². The molecule has 0 radical (unpaired) electrons. The quantitative estimate of drug-likeness (QED) is 0.898. The molecule has 0 bridgehead atoms. The van der Waals surface area contributed by atoms with E-state index in [0.717, 1.165) is 30.4 Å². The average molecular weight is 341 g/mol. The lowest BCUT2D eigenvalue weighted by atomic mass is 9.95. The number of rotatable bonds is 2. The maximum atomic E-state index is 12.1. The second-order valence-corrected chi connectivity index (χ2v) is 7.94. The van der Waals surface area contributed by atoms with Crippen LogP contribution in [0.5, 0.6) is 0 Å². The summed E-state index contributed by atoms with van der Waals surface area (Å²) >= 11 is 0. The molecule has 1 aromatic carbocycles. The average Bonchev–Trinajstić information content (AvgIpc) is 2.51. The van der Waals surface area contributed by atoms with Crippen LogP contribution in [0.2, 0.25) is 0 Å². The number of pyridine rings is 1. The molecule has 0 saturated carbocycles. The first kappa shape index (κ1) is 17.5. The van der Waals surface area contributed by atoms with Crippen molar-refractivity contribution in [2.45, 2.75) is 45.8 Å². The van der Waals surface area contributed by atoms with Crippen LogP contribution in [0.15, 0.2) is 36.5 Å². The highest BCUT2D eigenvalue weighted by molar-refractivity contribution is 5.91. The lowest BCUT2D eigenvalue weighted by Gasteiger charge is -2.38. The summed E-state index contributed by atoms with van der Waals surface area (Å²) in [6.45, 7) is 9.61. The van der Waals surface area contributed by atoms with Gasteiger partial charge in [-0.2, -0.15) is 0 Å². The van der Waals surface area contributed by atoms with Crippen molar-refractivity contribution in [3.05, 3.63) is 36.5 Å². The number of anilines is 1. The molecule has 1 amide bonds. The van der Waals surface area contributed by atoms with Crippen LogP contribution in [0.25, 0.3) is 10.9 Å². The van der Waals surface area contributed by atoms with E-state index in [1.807, 2.05) is 45.2 Å². The zero-order valence-corrected chi connectivity index (χ0v) is 15.5. The summed E-state index contributed by atoms with van der Waals surface area (Å²) < 4.78 is 5.41. The Morgan fingerprint density at radius 2 is 2.04 bits per heavy atom. The van der Waals surface area contributed by atoms with Crippen LogP contribution < -0.4 is 10.2 Å². The maximum Gasteiger partial charge on any atom is 0.407 e. The summed E-state index contributed by atoms with van der Waals surface area (Å²) in [7, 11) is 0. The number of benzene rings is 1. The zero-order valence-electron chi connectivity index (χ0n) is 15.5. The number of ether oxygens (including phenoxy) is 1. The van der Waals surface area contributed by atoms with E-state index in [9.17, 15) is 4.79 Å². The van der Waals surface area contributed by atoms with E-state index in [-0.39, 0.29) is 12.1 Å². The van der Waals surface area contributed by atoms with Gasteiger partial charge in [-0.25, -0.2) is 4.79 Å². The molecule has 5 nitrogen and oxygen atoms in total. The number of alkyl carbamates (subject to hydrolysis) is 1. The van der Waals surface area contributed by atoms with E-state index >= 15 is 0 Å². The summed E-state index contributed by atoms with van der Waals surface area (Å²) in [5.74, 6) is 0.487. The van der Waals surface area contributed by atoms with Gasteiger partial charge in [-0.1, -0.05) is 13.0 Å². The third kappa shape index (κ3) is 4.41. The number of nitrogens with zero attached hydrogens (tertiary/aromatic N) is 2. The molecule has 2 aromatic rings. The number of carbonyl (C=O) groups excluding carboxylic acids is 1. The number of hydrogen-bond acceptors (Lipinski definition) is 4. The molecular weight excluding hydrogens is 314 g/mol. The molecule has 3 rings (SSSR count). The molecule has 1 aliphatic heterocycles. The lowest BCUT2D eigenvalue weighted by Crippen LogP contribution is -2.51. The van der Waals surface area contributed by atoms with Gasteiger partial charge in [0, 0.05) is 36.4 Å². The molecule has 1 N–H and O–H groups in total. The Balaban J connectivity index is 1.77. The predicted molar refractivity (Wildman–Crippen MR) is 101 cm³/mol. The molecule has 1 saturated heterocycles. The van der Waals surface area contributed by atoms with E-state index in [1.165, 1.54) is 5.69 Å². The Morgan fingerprint density at radius 3 is 2.80 bits per heavy atom. The molecule has 5 heteroatoms. The van der Waals surface area contributed by atoms with Crippen LogP contribution in [0.4, 0.5) is 10.5 Å². The van der Waals surface area contributed by atoms with Gasteiger partial charge in [-0.05, 0) is 57.4 Å². The van der Waals surface area contributed by atoms with Gasteiger partial charge in [0.1, 0.15) is 5.60 Å². The van der Waals surface area contributed by atoms with Crippen molar-refractivity contribution in [2.75, 3.05) is 18.0 Å². The largest absolute Gasteiger partial charge is 0.444 e. The molecule has 0 aliphatic carbocycles. The summed E-state index contributed by atoms with van der Waals surface area (Å²) in [5, 5.41) is 4.18. The number of fused-ring (bicyclic) bond motifs is 1. The van der Waals surface area contributed by atoms with Crippen molar-refractivity contribution in [1.82, 2.24) is 10.3 Å². The minimum absolute atomic E-state index is 0.0746.